The lowest BCUT2D eigenvalue weighted by Gasteiger charge is -2.43. The maximum Gasteiger partial charge on any atom is 0.303 e. The van der Waals surface area contributed by atoms with Crippen molar-refractivity contribution in [3.05, 3.63) is 60.7 Å². The Bertz CT molecular complexity index is 876. The van der Waals surface area contributed by atoms with Gasteiger partial charge in [-0.25, -0.2) is 0 Å². The van der Waals surface area contributed by atoms with E-state index < -0.39 is 14.3 Å². The summed E-state index contributed by atoms with van der Waals surface area (Å²) < 4.78 is 24.1. The van der Waals surface area contributed by atoms with Gasteiger partial charge in [0.25, 0.3) is 8.32 Å². The van der Waals surface area contributed by atoms with Gasteiger partial charge in [0.1, 0.15) is 0 Å². The molecule has 2 aromatic rings. The largest absolute Gasteiger partial charge is 0.481 e. The van der Waals surface area contributed by atoms with Gasteiger partial charge in [-0.1, -0.05) is 126 Å². The van der Waals surface area contributed by atoms with Crippen molar-refractivity contribution in [1.82, 2.24) is 0 Å². The normalized spacial score (nSPS) is 12.1. The summed E-state index contributed by atoms with van der Waals surface area (Å²) in [5.41, 5.74) is 0. The molecule has 0 amide bonds. The monoisotopic (exact) mass is 586 g/mol. The van der Waals surface area contributed by atoms with Crippen LogP contribution in [0.15, 0.2) is 60.7 Å². The number of ether oxygens (including phenoxy) is 3. The van der Waals surface area contributed by atoms with E-state index in [-0.39, 0.29) is 5.04 Å². The van der Waals surface area contributed by atoms with E-state index in [2.05, 4.69) is 81.4 Å². The Kier molecular flexibility index (Phi) is 17.8. The van der Waals surface area contributed by atoms with Gasteiger partial charge in [0, 0.05) is 13.0 Å². The molecule has 0 heterocycles. The van der Waals surface area contributed by atoms with E-state index in [1.807, 2.05) is 0 Å². The highest BCUT2D eigenvalue weighted by Gasteiger charge is 2.49. The number of hydrogen-bond acceptors (Lipinski definition) is 5. The van der Waals surface area contributed by atoms with Crippen molar-refractivity contribution in [2.24, 2.45) is 0 Å². The van der Waals surface area contributed by atoms with Gasteiger partial charge in [-0.05, 0) is 28.3 Å². The molecule has 0 saturated carbocycles. The molecule has 230 valence electrons. The van der Waals surface area contributed by atoms with Gasteiger partial charge in [0.2, 0.25) is 0 Å². The minimum absolute atomic E-state index is 0.0373. The van der Waals surface area contributed by atoms with Gasteiger partial charge < -0.3 is 23.7 Å². The predicted octanol–water partition coefficient (Wildman–Crippen LogP) is 6.60. The Morgan fingerprint density at radius 2 is 0.976 bits per heavy atom. The van der Waals surface area contributed by atoms with Crippen LogP contribution in [-0.2, 0) is 23.4 Å². The maximum atomic E-state index is 10.5. The van der Waals surface area contributed by atoms with Crippen molar-refractivity contribution in [2.45, 2.75) is 90.0 Å². The van der Waals surface area contributed by atoms with Crippen molar-refractivity contribution in [1.29, 1.82) is 0 Å². The summed E-state index contributed by atoms with van der Waals surface area (Å²) in [5, 5.41) is 11.2. The van der Waals surface area contributed by atoms with Gasteiger partial charge in [0.15, 0.2) is 0 Å². The highest BCUT2D eigenvalue weighted by molar-refractivity contribution is 6.99. The molecule has 0 saturated heterocycles. The zero-order valence-electron chi connectivity index (χ0n) is 25.8. The molecule has 0 aliphatic carbocycles. The minimum atomic E-state index is -2.51. The van der Waals surface area contributed by atoms with Crippen LogP contribution < -0.4 is 10.4 Å². The fraction of sp³-hybridized carbons (Fsp3) is 0.618. The molecule has 0 fully saturated rings. The zero-order chi connectivity index (χ0) is 29.7. The number of unbranched alkanes of at least 4 members (excludes halogenated alkanes) is 8. The van der Waals surface area contributed by atoms with E-state index in [0.29, 0.717) is 46.1 Å². The van der Waals surface area contributed by atoms with Crippen LogP contribution >= 0.6 is 0 Å². The molecule has 41 heavy (non-hydrogen) atoms. The van der Waals surface area contributed by atoms with Gasteiger partial charge in [-0.3, -0.25) is 4.79 Å². The van der Waals surface area contributed by atoms with Crippen molar-refractivity contribution in [3.8, 4) is 0 Å². The number of hydrogen-bond donors (Lipinski definition) is 1. The molecule has 6 nitrogen and oxygen atoms in total. The van der Waals surface area contributed by atoms with Gasteiger partial charge in [-0.2, -0.15) is 0 Å². The lowest BCUT2D eigenvalue weighted by atomic mass is 10.1. The van der Waals surface area contributed by atoms with Crippen molar-refractivity contribution < 1.29 is 28.5 Å². The summed E-state index contributed by atoms with van der Waals surface area (Å²) in [6.45, 7) is 11.0. The smallest absolute Gasteiger partial charge is 0.303 e. The summed E-state index contributed by atoms with van der Waals surface area (Å²) in [7, 11) is -2.51. The van der Waals surface area contributed by atoms with Crippen LogP contribution in [-0.4, -0.2) is 65.6 Å². The van der Waals surface area contributed by atoms with Crippen LogP contribution in [0.2, 0.25) is 5.04 Å². The first-order chi connectivity index (χ1) is 19.9. The second kappa shape index (κ2) is 20.8. The number of rotatable bonds is 24. The molecule has 7 heteroatoms. The summed E-state index contributed by atoms with van der Waals surface area (Å²) in [5.74, 6) is -0.683. The van der Waals surface area contributed by atoms with Gasteiger partial charge >= 0.3 is 5.97 Å². The molecule has 0 spiro atoms. The third kappa shape index (κ3) is 13.7. The fourth-order valence-electron chi connectivity index (χ4n) is 5.27. The predicted molar refractivity (Wildman–Crippen MR) is 170 cm³/mol. The van der Waals surface area contributed by atoms with E-state index in [9.17, 15) is 4.79 Å². The Morgan fingerprint density at radius 3 is 1.41 bits per heavy atom. The fourth-order valence-corrected chi connectivity index (χ4v) is 9.82. The highest BCUT2D eigenvalue weighted by Crippen LogP contribution is 2.36. The summed E-state index contributed by atoms with van der Waals surface area (Å²) in [6, 6.07) is 21.4. The van der Waals surface area contributed by atoms with Crippen LogP contribution in [0.5, 0.6) is 0 Å². The lowest BCUT2D eigenvalue weighted by molar-refractivity contribution is -0.137. The average molecular weight is 587 g/mol. The van der Waals surface area contributed by atoms with E-state index in [4.69, 9.17) is 23.7 Å². The number of carboxylic acid groups (broad SMARTS) is 1. The van der Waals surface area contributed by atoms with E-state index in [1.165, 1.54) is 42.5 Å². The Hall–Kier alpha value is -2.03. The molecular formula is C34H54O6Si. The van der Waals surface area contributed by atoms with E-state index in [0.717, 1.165) is 32.3 Å². The summed E-state index contributed by atoms with van der Waals surface area (Å²) >= 11 is 0. The Morgan fingerprint density at radius 1 is 0.585 bits per heavy atom. The quantitative estimate of drug-likeness (QED) is 0.110. The minimum Gasteiger partial charge on any atom is -0.481 e. The second-order valence-corrected chi connectivity index (χ2v) is 16.0. The van der Waals surface area contributed by atoms with E-state index in [1.54, 1.807) is 0 Å². The number of carboxylic acids is 1. The van der Waals surface area contributed by atoms with Crippen molar-refractivity contribution >= 4 is 24.7 Å². The molecule has 0 radical (unpaired) electrons. The molecule has 1 N–H and O–H groups in total. The van der Waals surface area contributed by atoms with Crippen LogP contribution in [0, 0.1) is 0 Å². The number of carbonyl (C=O) groups is 1. The van der Waals surface area contributed by atoms with Gasteiger partial charge in [-0.15, -0.1) is 0 Å². The second-order valence-electron chi connectivity index (χ2n) is 11.7. The lowest BCUT2D eigenvalue weighted by Crippen LogP contribution is -2.66. The number of aliphatic carboxylic acids is 1. The SMILES string of the molecule is CC(C)(C)[Si](OCCOCCOCCOCCCCCCCCCCCC(=O)O)(c1ccccc1)c1ccccc1. The summed E-state index contributed by atoms with van der Waals surface area (Å²) in [6.07, 6.45) is 10.5. The van der Waals surface area contributed by atoms with Crippen molar-refractivity contribution in [3.63, 3.8) is 0 Å². The van der Waals surface area contributed by atoms with Gasteiger partial charge in [0.05, 0.1) is 39.6 Å². The number of benzene rings is 2. The zero-order valence-corrected chi connectivity index (χ0v) is 26.8. The first kappa shape index (κ1) is 35.2. The van der Waals surface area contributed by atoms with Crippen LogP contribution in [0.1, 0.15) is 85.0 Å². The Balaban J connectivity index is 1.51. The molecule has 2 rings (SSSR count). The molecule has 0 bridgehead atoms. The third-order valence-corrected chi connectivity index (χ3v) is 12.4. The molecule has 0 aliphatic rings. The van der Waals surface area contributed by atoms with Crippen molar-refractivity contribution in [2.75, 3.05) is 46.2 Å². The Labute approximate surface area is 249 Å². The van der Waals surface area contributed by atoms with Crippen LogP contribution in [0.25, 0.3) is 0 Å². The third-order valence-electron chi connectivity index (χ3n) is 7.39. The van der Waals surface area contributed by atoms with Crippen LogP contribution in [0.3, 0.4) is 0 Å². The molecular weight excluding hydrogens is 532 g/mol. The molecule has 0 aliphatic heterocycles. The standard InChI is InChI=1S/C34H54O6Si/c1-34(2,3)41(31-19-13-11-14-20-31,32-21-15-12-16-22-32)40-30-29-39-28-27-38-26-25-37-24-18-10-8-6-4-5-7-9-17-23-33(35)36/h11-16,19-22H,4-10,17-18,23-30H2,1-3H3,(H,35,36). The maximum absolute atomic E-state index is 10.5. The molecule has 0 unspecified atom stereocenters. The molecule has 0 atom stereocenters. The summed E-state index contributed by atoms with van der Waals surface area (Å²) in [4.78, 5) is 10.5. The first-order valence-corrected chi connectivity index (χ1v) is 17.5. The average Bonchev–Trinajstić information content (AvgIpc) is 2.96. The first-order valence-electron chi connectivity index (χ1n) is 15.6. The highest BCUT2D eigenvalue weighted by atomic mass is 28.4. The molecule has 0 aromatic heterocycles. The van der Waals surface area contributed by atoms with E-state index >= 15 is 0 Å². The molecule has 2 aromatic carbocycles. The topological polar surface area (TPSA) is 74.2 Å². The van der Waals surface area contributed by atoms with Crippen LogP contribution in [0.4, 0.5) is 0 Å².